The second-order valence-electron chi connectivity index (χ2n) is 5.44. The molecule has 0 radical (unpaired) electrons. The van der Waals surface area contributed by atoms with Crippen LogP contribution in [0.1, 0.15) is 5.56 Å². The largest absolute Gasteiger partial charge is 0.492 e. The SMILES string of the molecule is N#Cc1ccc(OCCNc2ccc3nnc(-c4ccsc4)n3n2)cc1. The highest BCUT2D eigenvalue weighted by molar-refractivity contribution is 7.08. The summed E-state index contributed by atoms with van der Waals surface area (Å²) < 4.78 is 7.38. The van der Waals surface area contributed by atoms with Gasteiger partial charge in [0.15, 0.2) is 11.5 Å². The van der Waals surface area contributed by atoms with Crippen molar-refractivity contribution in [1.82, 2.24) is 19.8 Å². The average Bonchev–Trinajstić information content (AvgIpc) is 3.34. The Morgan fingerprint density at radius 2 is 2.00 bits per heavy atom. The minimum atomic E-state index is 0.477. The Bertz CT molecular complexity index is 1050. The highest BCUT2D eigenvalue weighted by Gasteiger charge is 2.10. The summed E-state index contributed by atoms with van der Waals surface area (Å²) >= 11 is 1.61. The molecule has 3 aromatic heterocycles. The number of anilines is 1. The van der Waals surface area contributed by atoms with Crippen LogP contribution in [0.25, 0.3) is 17.0 Å². The van der Waals surface area contributed by atoms with Crippen LogP contribution in [0, 0.1) is 11.3 Å². The zero-order chi connectivity index (χ0) is 17.8. The molecular weight excluding hydrogens is 348 g/mol. The van der Waals surface area contributed by atoms with E-state index in [1.165, 1.54) is 0 Å². The van der Waals surface area contributed by atoms with E-state index in [4.69, 9.17) is 10.00 Å². The lowest BCUT2D eigenvalue weighted by atomic mass is 10.2. The second-order valence-corrected chi connectivity index (χ2v) is 6.22. The Labute approximate surface area is 153 Å². The van der Waals surface area contributed by atoms with Gasteiger partial charge in [-0.05, 0) is 47.8 Å². The summed E-state index contributed by atoms with van der Waals surface area (Å²) in [6.45, 7) is 1.07. The van der Waals surface area contributed by atoms with Gasteiger partial charge < -0.3 is 10.1 Å². The summed E-state index contributed by atoms with van der Waals surface area (Å²) in [4.78, 5) is 0. The van der Waals surface area contributed by atoms with Crippen molar-refractivity contribution >= 4 is 22.8 Å². The van der Waals surface area contributed by atoms with Gasteiger partial charge in [-0.25, -0.2) is 0 Å². The molecule has 7 nitrogen and oxygen atoms in total. The number of nitrogens with zero attached hydrogens (tertiary/aromatic N) is 5. The van der Waals surface area contributed by atoms with Crippen LogP contribution in [0.15, 0.2) is 53.2 Å². The Kier molecular flexibility index (Phi) is 4.45. The van der Waals surface area contributed by atoms with E-state index in [0.29, 0.717) is 24.4 Å². The van der Waals surface area contributed by atoms with E-state index in [1.54, 1.807) is 40.1 Å². The highest BCUT2D eigenvalue weighted by Crippen LogP contribution is 2.20. The van der Waals surface area contributed by atoms with Crippen LogP contribution in [0.2, 0.25) is 0 Å². The van der Waals surface area contributed by atoms with Crippen LogP contribution in [0.4, 0.5) is 5.82 Å². The third kappa shape index (κ3) is 3.34. The van der Waals surface area contributed by atoms with Crippen molar-refractivity contribution in [3.05, 3.63) is 58.8 Å². The molecule has 0 unspecified atom stereocenters. The number of nitriles is 1. The van der Waals surface area contributed by atoms with E-state index in [-0.39, 0.29) is 0 Å². The van der Waals surface area contributed by atoms with Gasteiger partial charge in [0.05, 0.1) is 18.2 Å². The molecule has 1 aromatic carbocycles. The fraction of sp³-hybridized carbons (Fsp3) is 0.111. The predicted molar refractivity (Wildman–Crippen MR) is 99.2 cm³/mol. The normalized spacial score (nSPS) is 10.6. The van der Waals surface area contributed by atoms with Gasteiger partial charge in [-0.1, -0.05) is 0 Å². The molecule has 0 saturated heterocycles. The Hall–Kier alpha value is -3.44. The minimum absolute atomic E-state index is 0.477. The molecule has 3 heterocycles. The number of rotatable bonds is 6. The summed E-state index contributed by atoms with van der Waals surface area (Å²) in [6.07, 6.45) is 0. The molecule has 0 aliphatic rings. The summed E-state index contributed by atoms with van der Waals surface area (Å²) in [5.41, 5.74) is 2.31. The maximum absolute atomic E-state index is 8.79. The maximum atomic E-state index is 8.79. The van der Waals surface area contributed by atoms with E-state index in [0.717, 1.165) is 23.0 Å². The Morgan fingerprint density at radius 1 is 1.12 bits per heavy atom. The molecule has 4 aromatic rings. The molecule has 26 heavy (non-hydrogen) atoms. The summed E-state index contributed by atoms with van der Waals surface area (Å²) in [5.74, 6) is 2.17. The third-order valence-electron chi connectivity index (χ3n) is 3.70. The molecule has 8 heteroatoms. The van der Waals surface area contributed by atoms with E-state index in [2.05, 4.69) is 26.7 Å². The van der Waals surface area contributed by atoms with Crippen molar-refractivity contribution in [3.63, 3.8) is 0 Å². The molecular formula is C18H14N6OS. The van der Waals surface area contributed by atoms with E-state index in [9.17, 15) is 0 Å². The monoisotopic (exact) mass is 362 g/mol. The van der Waals surface area contributed by atoms with Crippen LogP contribution in [-0.2, 0) is 0 Å². The number of aromatic nitrogens is 4. The van der Waals surface area contributed by atoms with Gasteiger partial charge in [-0.3, -0.25) is 0 Å². The average molecular weight is 362 g/mol. The molecule has 0 saturated carbocycles. The first-order valence-corrected chi connectivity index (χ1v) is 8.89. The molecule has 0 bridgehead atoms. The third-order valence-corrected chi connectivity index (χ3v) is 4.39. The topological polar surface area (TPSA) is 88.1 Å². The molecule has 0 fully saturated rings. The van der Waals surface area contributed by atoms with E-state index in [1.807, 2.05) is 29.0 Å². The fourth-order valence-corrected chi connectivity index (χ4v) is 3.06. The lowest BCUT2D eigenvalue weighted by Gasteiger charge is -2.08. The standard InChI is InChI=1S/C18H14N6OS/c19-11-13-1-3-15(4-2-13)25-9-8-20-16-5-6-17-21-22-18(24(17)23-16)14-7-10-26-12-14/h1-7,10,12H,8-9H2,(H,20,23). The number of fused-ring (bicyclic) bond motifs is 1. The molecule has 0 aliphatic carbocycles. The minimum Gasteiger partial charge on any atom is -0.492 e. The fourth-order valence-electron chi connectivity index (χ4n) is 2.43. The van der Waals surface area contributed by atoms with Gasteiger partial charge in [-0.2, -0.15) is 21.1 Å². The molecule has 0 spiro atoms. The molecule has 0 atom stereocenters. The first-order valence-electron chi connectivity index (χ1n) is 7.95. The van der Waals surface area contributed by atoms with Crippen LogP contribution in [-0.4, -0.2) is 33.0 Å². The lowest BCUT2D eigenvalue weighted by Crippen LogP contribution is -2.13. The van der Waals surface area contributed by atoms with Crippen LogP contribution < -0.4 is 10.1 Å². The number of benzene rings is 1. The number of thiophene rings is 1. The highest BCUT2D eigenvalue weighted by atomic mass is 32.1. The lowest BCUT2D eigenvalue weighted by molar-refractivity contribution is 0.332. The molecule has 0 amide bonds. The first-order chi connectivity index (χ1) is 12.8. The number of nitrogens with one attached hydrogen (secondary N) is 1. The first kappa shape index (κ1) is 16.1. The van der Waals surface area contributed by atoms with Gasteiger partial charge in [0.1, 0.15) is 18.2 Å². The van der Waals surface area contributed by atoms with E-state index < -0.39 is 0 Å². The number of hydrogen-bond acceptors (Lipinski definition) is 7. The van der Waals surface area contributed by atoms with Crippen LogP contribution >= 0.6 is 11.3 Å². The van der Waals surface area contributed by atoms with Gasteiger partial charge in [0.25, 0.3) is 0 Å². The maximum Gasteiger partial charge on any atom is 0.186 e. The van der Waals surface area contributed by atoms with Gasteiger partial charge >= 0.3 is 0 Å². The predicted octanol–water partition coefficient (Wildman–Crippen LogP) is 3.22. The quantitative estimate of drug-likeness (QED) is 0.530. The summed E-state index contributed by atoms with van der Waals surface area (Å²) in [7, 11) is 0. The number of hydrogen-bond donors (Lipinski definition) is 1. The van der Waals surface area contributed by atoms with Crippen molar-refractivity contribution in [2.24, 2.45) is 0 Å². The molecule has 4 rings (SSSR count). The van der Waals surface area contributed by atoms with Crippen LogP contribution in [0.3, 0.4) is 0 Å². The van der Waals surface area contributed by atoms with E-state index >= 15 is 0 Å². The Morgan fingerprint density at radius 3 is 2.77 bits per heavy atom. The molecule has 0 aliphatic heterocycles. The van der Waals surface area contributed by atoms with Gasteiger partial charge in [-0.15, -0.1) is 15.3 Å². The zero-order valence-electron chi connectivity index (χ0n) is 13.7. The van der Waals surface area contributed by atoms with Crippen molar-refractivity contribution in [3.8, 4) is 23.2 Å². The summed E-state index contributed by atoms with van der Waals surface area (Å²) in [6, 6.07) is 14.8. The smallest absolute Gasteiger partial charge is 0.186 e. The van der Waals surface area contributed by atoms with Gasteiger partial charge in [0.2, 0.25) is 0 Å². The van der Waals surface area contributed by atoms with Crippen LogP contribution in [0.5, 0.6) is 5.75 Å². The zero-order valence-corrected chi connectivity index (χ0v) is 14.5. The molecule has 1 N–H and O–H groups in total. The van der Waals surface area contributed by atoms with Crippen molar-refractivity contribution in [2.45, 2.75) is 0 Å². The van der Waals surface area contributed by atoms with Gasteiger partial charge in [0, 0.05) is 10.9 Å². The molecule has 128 valence electrons. The van der Waals surface area contributed by atoms with Crippen molar-refractivity contribution < 1.29 is 4.74 Å². The summed E-state index contributed by atoms with van der Waals surface area (Å²) in [5, 5.41) is 28.9. The van der Waals surface area contributed by atoms with Crippen molar-refractivity contribution in [2.75, 3.05) is 18.5 Å². The Balaban J connectivity index is 1.39. The van der Waals surface area contributed by atoms with Crippen molar-refractivity contribution in [1.29, 1.82) is 5.26 Å². The second kappa shape index (κ2) is 7.21. The number of ether oxygens (including phenoxy) is 1.